The largest absolute Gasteiger partial charge is 0.369 e. The number of carbonyl (C=O) groups excluding carboxylic acids is 1. The first-order chi connectivity index (χ1) is 6.68. The van der Waals surface area contributed by atoms with Crippen LogP contribution in [-0.2, 0) is 4.79 Å². The second-order valence-electron chi connectivity index (χ2n) is 4.52. The van der Waals surface area contributed by atoms with Gasteiger partial charge in [0.15, 0.2) is 0 Å². The van der Waals surface area contributed by atoms with E-state index in [1.54, 1.807) is 0 Å². The van der Waals surface area contributed by atoms with Crippen LogP contribution in [0.15, 0.2) is 0 Å². The molecule has 0 aromatic heterocycles. The molecule has 0 unspecified atom stereocenters. The molecule has 3 N–H and O–H groups in total. The predicted octanol–water partition coefficient (Wildman–Crippen LogP) is -0.456. The molecule has 1 aliphatic heterocycles. The van der Waals surface area contributed by atoms with Crippen LogP contribution < -0.4 is 11.1 Å². The number of carbonyl (C=O) groups is 1. The molecule has 0 bridgehead atoms. The fraction of sp³-hybridized carbons (Fsp3) is 0.900. The summed E-state index contributed by atoms with van der Waals surface area (Å²) in [6.45, 7) is 5.49. The minimum atomic E-state index is -0.121. The Morgan fingerprint density at radius 1 is 1.50 bits per heavy atom. The smallest absolute Gasteiger partial charge is 0.220 e. The van der Waals surface area contributed by atoms with Crippen LogP contribution in [0, 0.1) is 5.92 Å². The van der Waals surface area contributed by atoms with Crippen LogP contribution in [-0.4, -0.2) is 42.5 Å². The number of hydrogen-bond acceptors (Lipinski definition) is 3. The summed E-state index contributed by atoms with van der Waals surface area (Å²) < 4.78 is 0. The van der Waals surface area contributed by atoms with E-state index >= 15 is 0 Å². The van der Waals surface area contributed by atoms with Crippen molar-refractivity contribution in [2.75, 3.05) is 19.6 Å². The van der Waals surface area contributed by atoms with Gasteiger partial charge in [-0.25, -0.2) is 0 Å². The van der Waals surface area contributed by atoms with E-state index in [0.717, 1.165) is 32.5 Å². The molecule has 0 spiro atoms. The molecule has 0 radical (unpaired) electrons. The van der Waals surface area contributed by atoms with Crippen molar-refractivity contribution in [2.45, 2.75) is 31.8 Å². The lowest BCUT2D eigenvalue weighted by Crippen LogP contribution is -2.58. The molecule has 1 saturated carbocycles. The van der Waals surface area contributed by atoms with E-state index in [-0.39, 0.29) is 11.8 Å². The number of hydrogen-bond donors (Lipinski definition) is 2. The second-order valence-corrected chi connectivity index (χ2v) is 4.52. The Hall–Kier alpha value is -0.610. The highest BCUT2D eigenvalue weighted by Crippen LogP contribution is 2.32. The number of nitrogens with two attached hydrogens (primary N) is 1. The number of amides is 1. The van der Waals surface area contributed by atoms with Gasteiger partial charge in [-0.15, -0.1) is 0 Å². The highest BCUT2D eigenvalue weighted by molar-refractivity contribution is 5.77. The number of primary amides is 1. The maximum absolute atomic E-state index is 10.9. The molecule has 2 rings (SSSR count). The summed E-state index contributed by atoms with van der Waals surface area (Å²) in [5, 5.41) is 3.37. The molecular weight excluding hydrogens is 178 g/mol. The van der Waals surface area contributed by atoms with Crippen molar-refractivity contribution in [3.63, 3.8) is 0 Å². The summed E-state index contributed by atoms with van der Waals surface area (Å²) in [6.07, 6.45) is 1.94. The third kappa shape index (κ3) is 1.77. The summed E-state index contributed by atoms with van der Waals surface area (Å²) in [6, 6.07) is 1.20. The molecule has 80 valence electrons. The van der Waals surface area contributed by atoms with Crippen molar-refractivity contribution < 1.29 is 4.79 Å². The van der Waals surface area contributed by atoms with Gasteiger partial charge < -0.3 is 11.1 Å². The average Bonchev–Trinajstić information content (AvgIpc) is 2.05. The summed E-state index contributed by atoms with van der Waals surface area (Å²) in [7, 11) is 0. The molecule has 1 aliphatic carbocycles. The molecule has 2 aliphatic rings. The lowest BCUT2D eigenvalue weighted by molar-refractivity contribution is -0.127. The van der Waals surface area contributed by atoms with E-state index in [4.69, 9.17) is 5.73 Å². The molecule has 14 heavy (non-hydrogen) atoms. The standard InChI is InChI=1S/C10H19N3O/c1-7-6-12-2-3-13(7)9-4-8(5-9)10(11)14/h7-9,12H,2-6H2,1H3,(H2,11,14)/t7-,8?,9?/m0/s1. The molecule has 4 heteroatoms. The molecule has 0 aromatic rings. The topological polar surface area (TPSA) is 58.4 Å². The van der Waals surface area contributed by atoms with Crippen molar-refractivity contribution in [3.8, 4) is 0 Å². The van der Waals surface area contributed by atoms with Crippen LogP contribution >= 0.6 is 0 Å². The van der Waals surface area contributed by atoms with Gasteiger partial charge in [0.1, 0.15) is 0 Å². The third-order valence-electron chi connectivity index (χ3n) is 3.54. The first-order valence-corrected chi connectivity index (χ1v) is 5.44. The van der Waals surface area contributed by atoms with Crippen molar-refractivity contribution in [1.29, 1.82) is 0 Å². The van der Waals surface area contributed by atoms with Crippen molar-refractivity contribution >= 4 is 5.91 Å². The van der Waals surface area contributed by atoms with Gasteiger partial charge in [-0.2, -0.15) is 0 Å². The molecule has 1 saturated heterocycles. The minimum Gasteiger partial charge on any atom is -0.369 e. The molecule has 0 aromatic carbocycles. The minimum absolute atomic E-state index is 0.121. The van der Waals surface area contributed by atoms with Gasteiger partial charge >= 0.3 is 0 Å². The quantitative estimate of drug-likeness (QED) is 0.630. The van der Waals surface area contributed by atoms with E-state index in [2.05, 4.69) is 17.1 Å². The van der Waals surface area contributed by atoms with Crippen LogP contribution in [0.25, 0.3) is 0 Å². The Morgan fingerprint density at radius 2 is 2.21 bits per heavy atom. The maximum atomic E-state index is 10.9. The molecule has 1 atom stereocenters. The summed E-state index contributed by atoms with van der Waals surface area (Å²) in [5.41, 5.74) is 5.25. The highest BCUT2D eigenvalue weighted by Gasteiger charge is 2.38. The van der Waals surface area contributed by atoms with Crippen LogP contribution in [0.5, 0.6) is 0 Å². The molecule has 1 amide bonds. The molecule has 4 nitrogen and oxygen atoms in total. The fourth-order valence-electron chi connectivity index (χ4n) is 2.49. The normalized spacial score (nSPS) is 39.1. The Labute approximate surface area is 84.8 Å². The molecule has 1 heterocycles. The Balaban J connectivity index is 1.83. The lowest BCUT2D eigenvalue weighted by atomic mass is 9.78. The molecule has 2 fully saturated rings. The van der Waals surface area contributed by atoms with Gasteiger partial charge in [0.2, 0.25) is 5.91 Å². The SMILES string of the molecule is C[C@H]1CNCCN1C1CC(C(N)=O)C1. The maximum Gasteiger partial charge on any atom is 0.220 e. The van der Waals surface area contributed by atoms with Crippen molar-refractivity contribution in [2.24, 2.45) is 11.7 Å². The zero-order chi connectivity index (χ0) is 10.1. The van der Waals surface area contributed by atoms with Crippen molar-refractivity contribution in [3.05, 3.63) is 0 Å². The summed E-state index contributed by atoms with van der Waals surface area (Å²) in [4.78, 5) is 13.4. The van der Waals surface area contributed by atoms with E-state index in [1.807, 2.05) is 0 Å². The Bertz CT molecular complexity index is 225. The number of piperazine rings is 1. The van der Waals surface area contributed by atoms with Crippen LogP contribution in [0.4, 0.5) is 0 Å². The predicted molar refractivity (Wildman–Crippen MR) is 54.7 cm³/mol. The fourth-order valence-corrected chi connectivity index (χ4v) is 2.49. The Morgan fingerprint density at radius 3 is 2.79 bits per heavy atom. The van der Waals surface area contributed by atoms with Gasteiger partial charge in [-0.3, -0.25) is 9.69 Å². The number of nitrogens with zero attached hydrogens (tertiary/aromatic N) is 1. The average molecular weight is 197 g/mol. The summed E-state index contributed by atoms with van der Waals surface area (Å²) in [5.74, 6) is 0.0196. The van der Waals surface area contributed by atoms with Gasteiger partial charge in [0.25, 0.3) is 0 Å². The van der Waals surface area contributed by atoms with Crippen LogP contribution in [0.3, 0.4) is 0 Å². The lowest BCUT2D eigenvalue weighted by Gasteiger charge is -2.46. The number of rotatable bonds is 2. The van der Waals surface area contributed by atoms with Gasteiger partial charge in [0, 0.05) is 37.6 Å². The van der Waals surface area contributed by atoms with E-state index in [0.29, 0.717) is 12.1 Å². The zero-order valence-corrected chi connectivity index (χ0v) is 8.70. The summed E-state index contributed by atoms with van der Waals surface area (Å²) >= 11 is 0. The highest BCUT2D eigenvalue weighted by atomic mass is 16.1. The monoisotopic (exact) mass is 197 g/mol. The zero-order valence-electron chi connectivity index (χ0n) is 8.70. The second kappa shape index (κ2) is 3.87. The van der Waals surface area contributed by atoms with Gasteiger partial charge in [-0.1, -0.05) is 0 Å². The van der Waals surface area contributed by atoms with Gasteiger partial charge in [-0.05, 0) is 19.8 Å². The van der Waals surface area contributed by atoms with E-state index in [9.17, 15) is 4.79 Å². The third-order valence-corrected chi connectivity index (χ3v) is 3.54. The van der Waals surface area contributed by atoms with E-state index in [1.165, 1.54) is 0 Å². The van der Waals surface area contributed by atoms with E-state index < -0.39 is 0 Å². The van der Waals surface area contributed by atoms with Crippen LogP contribution in [0.1, 0.15) is 19.8 Å². The first-order valence-electron chi connectivity index (χ1n) is 5.44. The Kier molecular flexibility index (Phi) is 2.74. The first kappa shape index (κ1) is 9.93. The number of nitrogens with one attached hydrogen (secondary N) is 1. The van der Waals surface area contributed by atoms with Crippen LogP contribution in [0.2, 0.25) is 0 Å². The van der Waals surface area contributed by atoms with Crippen molar-refractivity contribution in [1.82, 2.24) is 10.2 Å². The molecular formula is C10H19N3O. The van der Waals surface area contributed by atoms with Gasteiger partial charge in [0.05, 0.1) is 0 Å².